The lowest BCUT2D eigenvalue weighted by Gasteiger charge is -2.32. The molecule has 1 saturated heterocycles. The Kier molecular flexibility index (Phi) is 10.1. The zero-order chi connectivity index (χ0) is 25.0. The number of anilines is 1. The second kappa shape index (κ2) is 13.5. The molecule has 3 rings (SSSR count). The number of carbonyl (C=O) groups is 3. The molecular formula is C26H35N5O4. The smallest absolute Gasteiger partial charge is 0.411 e. The van der Waals surface area contributed by atoms with E-state index >= 15 is 0 Å². The van der Waals surface area contributed by atoms with Gasteiger partial charge in [-0.3, -0.25) is 14.9 Å². The van der Waals surface area contributed by atoms with Crippen molar-refractivity contribution in [3.8, 4) is 11.1 Å². The summed E-state index contributed by atoms with van der Waals surface area (Å²) < 4.78 is 5.68. The number of likely N-dealkylation sites (N-methyl/N-ethyl adjacent to an activating group) is 1. The molecular weight excluding hydrogens is 446 g/mol. The summed E-state index contributed by atoms with van der Waals surface area (Å²) in [5.41, 5.74) is 8.03. The molecule has 2 aromatic carbocycles. The third-order valence-electron chi connectivity index (χ3n) is 6.01. The van der Waals surface area contributed by atoms with E-state index in [4.69, 9.17) is 10.5 Å². The summed E-state index contributed by atoms with van der Waals surface area (Å²) in [5.74, 6) is -0.528. The van der Waals surface area contributed by atoms with Crippen molar-refractivity contribution in [3.05, 3.63) is 54.6 Å². The fourth-order valence-corrected chi connectivity index (χ4v) is 3.97. The van der Waals surface area contributed by atoms with Gasteiger partial charge in [0.25, 0.3) is 0 Å². The zero-order valence-corrected chi connectivity index (χ0v) is 20.2. The van der Waals surface area contributed by atoms with Gasteiger partial charge in [-0.1, -0.05) is 48.5 Å². The van der Waals surface area contributed by atoms with Gasteiger partial charge in [-0.15, -0.1) is 0 Å². The normalized spacial score (nSPS) is 14.2. The predicted octanol–water partition coefficient (Wildman–Crippen LogP) is 2.29. The van der Waals surface area contributed by atoms with Crippen molar-refractivity contribution in [2.24, 2.45) is 5.73 Å². The van der Waals surface area contributed by atoms with Crippen molar-refractivity contribution in [2.45, 2.75) is 25.4 Å². The third-order valence-corrected chi connectivity index (χ3v) is 6.01. The summed E-state index contributed by atoms with van der Waals surface area (Å²) in [5, 5.41) is 5.49. The minimum absolute atomic E-state index is 0.152. The van der Waals surface area contributed by atoms with Gasteiger partial charge < -0.3 is 25.6 Å². The van der Waals surface area contributed by atoms with Crippen LogP contribution in [-0.2, 0) is 14.3 Å². The van der Waals surface area contributed by atoms with Crippen LogP contribution in [0.25, 0.3) is 11.1 Å². The number of piperidine rings is 1. The quantitative estimate of drug-likeness (QED) is 0.448. The lowest BCUT2D eigenvalue weighted by molar-refractivity contribution is -0.135. The molecule has 0 atom stereocenters. The first kappa shape index (κ1) is 26.2. The Morgan fingerprint density at radius 3 is 2.46 bits per heavy atom. The van der Waals surface area contributed by atoms with Crippen molar-refractivity contribution in [3.63, 3.8) is 0 Å². The number of ether oxygens (including phenoxy) is 1. The highest BCUT2D eigenvalue weighted by atomic mass is 16.6. The lowest BCUT2D eigenvalue weighted by atomic mass is 10.0. The number of rotatable bonds is 10. The first-order valence-electron chi connectivity index (χ1n) is 12.0. The Labute approximate surface area is 206 Å². The van der Waals surface area contributed by atoms with Gasteiger partial charge in [0, 0.05) is 51.9 Å². The fraction of sp³-hybridized carbons (Fsp3) is 0.423. The van der Waals surface area contributed by atoms with Crippen LogP contribution < -0.4 is 16.4 Å². The van der Waals surface area contributed by atoms with Gasteiger partial charge in [-0.05, 0) is 24.5 Å². The van der Waals surface area contributed by atoms with Crippen LogP contribution in [0.15, 0.2) is 54.6 Å². The first-order chi connectivity index (χ1) is 17.0. The van der Waals surface area contributed by atoms with Crippen LogP contribution in [0.5, 0.6) is 0 Å². The van der Waals surface area contributed by atoms with Gasteiger partial charge in [0.1, 0.15) is 12.5 Å². The Morgan fingerprint density at radius 1 is 1.06 bits per heavy atom. The van der Waals surface area contributed by atoms with E-state index in [1.807, 2.05) is 54.6 Å². The molecule has 0 saturated carbocycles. The highest BCUT2D eigenvalue weighted by molar-refractivity contribution is 5.96. The minimum Gasteiger partial charge on any atom is -0.446 e. The number of benzene rings is 2. The summed E-state index contributed by atoms with van der Waals surface area (Å²) in [6.07, 6.45) is 0.681. The topological polar surface area (TPSA) is 117 Å². The van der Waals surface area contributed by atoms with Crippen LogP contribution in [0, 0.1) is 0 Å². The standard InChI is InChI=1S/C26H35N5O4/c1-30(25(33)19-24(32)28-14-13-27)17-18-31-15-11-21(12-16-31)35-26(34)29-23-10-6-5-9-22(23)20-7-3-2-4-8-20/h2-10,21H,11-19,27H2,1H3,(H,28,32)(H,29,34). The minimum atomic E-state index is -0.454. The van der Waals surface area contributed by atoms with Crippen LogP contribution in [0.2, 0.25) is 0 Å². The zero-order valence-electron chi connectivity index (χ0n) is 20.2. The van der Waals surface area contributed by atoms with Gasteiger partial charge in [0.2, 0.25) is 11.8 Å². The molecule has 0 aliphatic carbocycles. The maximum Gasteiger partial charge on any atom is 0.411 e. The van der Waals surface area contributed by atoms with E-state index in [0.717, 1.165) is 37.1 Å². The average Bonchev–Trinajstić information content (AvgIpc) is 2.87. The number of nitrogens with two attached hydrogens (primary N) is 1. The van der Waals surface area contributed by atoms with Gasteiger partial charge in [0.05, 0.1) is 5.69 Å². The maximum atomic E-state index is 12.6. The predicted molar refractivity (Wildman–Crippen MR) is 136 cm³/mol. The van der Waals surface area contributed by atoms with Crippen molar-refractivity contribution in [1.29, 1.82) is 0 Å². The average molecular weight is 482 g/mol. The highest BCUT2D eigenvalue weighted by Gasteiger charge is 2.23. The number of hydrogen-bond donors (Lipinski definition) is 3. The summed E-state index contributed by atoms with van der Waals surface area (Å²) in [4.78, 5) is 40.2. The Morgan fingerprint density at radius 2 is 1.74 bits per heavy atom. The van der Waals surface area contributed by atoms with Gasteiger partial charge >= 0.3 is 6.09 Å². The molecule has 1 aliphatic heterocycles. The number of amides is 3. The summed E-state index contributed by atoms with van der Waals surface area (Å²) in [7, 11) is 1.70. The third kappa shape index (κ3) is 8.38. The molecule has 9 nitrogen and oxygen atoms in total. The first-order valence-corrected chi connectivity index (χ1v) is 12.0. The van der Waals surface area contributed by atoms with Gasteiger partial charge in [-0.2, -0.15) is 0 Å². The van der Waals surface area contributed by atoms with E-state index in [1.54, 1.807) is 11.9 Å². The van der Waals surface area contributed by atoms with Crippen LogP contribution in [0.1, 0.15) is 19.3 Å². The molecule has 2 aromatic rings. The molecule has 1 fully saturated rings. The SMILES string of the molecule is CN(CCN1CCC(OC(=O)Nc2ccccc2-c2ccccc2)CC1)C(=O)CC(=O)NCCN. The van der Waals surface area contributed by atoms with E-state index in [0.29, 0.717) is 31.9 Å². The Bertz CT molecular complexity index is 977. The van der Waals surface area contributed by atoms with Crippen LogP contribution in [-0.4, -0.2) is 80.1 Å². The monoisotopic (exact) mass is 481 g/mol. The van der Waals surface area contributed by atoms with E-state index in [9.17, 15) is 14.4 Å². The molecule has 0 aromatic heterocycles. The molecule has 0 unspecified atom stereocenters. The van der Waals surface area contributed by atoms with E-state index in [2.05, 4.69) is 15.5 Å². The number of para-hydroxylation sites is 1. The molecule has 188 valence electrons. The van der Waals surface area contributed by atoms with E-state index in [-0.39, 0.29) is 24.3 Å². The Hall–Kier alpha value is -3.43. The van der Waals surface area contributed by atoms with Crippen molar-refractivity contribution < 1.29 is 19.1 Å². The van der Waals surface area contributed by atoms with Crippen LogP contribution in [0.3, 0.4) is 0 Å². The maximum absolute atomic E-state index is 12.6. The number of likely N-dealkylation sites (tertiary alicyclic amines) is 1. The molecule has 0 bridgehead atoms. The molecule has 0 spiro atoms. The van der Waals surface area contributed by atoms with E-state index in [1.165, 1.54) is 0 Å². The molecule has 35 heavy (non-hydrogen) atoms. The van der Waals surface area contributed by atoms with Crippen LogP contribution in [0.4, 0.5) is 10.5 Å². The number of carbonyl (C=O) groups excluding carboxylic acids is 3. The number of nitrogens with zero attached hydrogens (tertiary/aromatic N) is 2. The summed E-state index contributed by atoms with van der Waals surface area (Å²) >= 11 is 0. The molecule has 3 amide bonds. The van der Waals surface area contributed by atoms with Crippen molar-refractivity contribution >= 4 is 23.6 Å². The second-order valence-corrected chi connectivity index (χ2v) is 8.61. The molecule has 0 radical (unpaired) electrons. The molecule has 4 N–H and O–H groups in total. The second-order valence-electron chi connectivity index (χ2n) is 8.61. The molecule has 9 heteroatoms. The lowest BCUT2D eigenvalue weighted by Crippen LogP contribution is -2.43. The van der Waals surface area contributed by atoms with Crippen molar-refractivity contribution in [2.75, 3.05) is 51.6 Å². The van der Waals surface area contributed by atoms with Crippen LogP contribution >= 0.6 is 0 Å². The summed E-state index contributed by atoms with van der Waals surface area (Å²) in [6, 6.07) is 17.6. The van der Waals surface area contributed by atoms with E-state index < -0.39 is 6.09 Å². The largest absolute Gasteiger partial charge is 0.446 e. The number of hydrogen-bond acceptors (Lipinski definition) is 6. The summed E-state index contributed by atoms with van der Waals surface area (Å²) in [6.45, 7) is 3.50. The van der Waals surface area contributed by atoms with Crippen molar-refractivity contribution in [1.82, 2.24) is 15.1 Å². The Balaban J connectivity index is 1.39. The fourth-order valence-electron chi connectivity index (χ4n) is 3.97. The highest BCUT2D eigenvalue weighted by Crippen LogP contribution is 2.28. The molecule has 1 heterocycles. The molecule has 1 aliphatic rings. The van der Waals surface area contributed by atoms with Gasteiger partial charge in [-0.25, -0.2) is 4.79 Å². The van der Waals surface area contributed by atoms with Gasteiger partial charge in [0.15, 0.2) is 0 Å². The number of nitrogens with one attached hydrogen (secondary N) is 2.